The van der Waals surface area contributed by atoms with Gasteiger partial charge in [0, 0.05) is 4.47 Å². The van der Waals surface area contributed by atoms with Crippen molar-refractivity contribution in [2.75, 3.05) is 6.61 Å². The Bertz CT molecular complexity index is 826. The first-order valence-electron chi connectivity index (χ1n) is 7.10. The van der Waals surface area contributed by atoms with Gasteiger partial charge >= 0.3 is 0 Å². The van der Waals surface area contributed by atoms with Crippen LogP contribution in [0.15, 0.2) is 53.3 Å². The fourth-order valence-corrected chi connectivity index (χ4v) is 2.62. The number of carbonyl (C=O) groups is 1. The quantitative estimate of drug-likeness (QED) is 0.699. The van der Waals surface area contributed by atoms with Crippen molar-refractivity contribution in [3.63, 3.8) is 0 Å². The lowest BCUT2D eigenvalue weighted by Gasteiger charge is -2.11. The fourth-order valence-electron chi connectivity index (χ4n) is 2.26. The van der Waals surface area contributed by atoms with Crippen LogP contribution < -0.4 is 4.74 Å². The maximum absolute atomic E-state index is 12.9. The molecule has 1 aromatic heterocycles. The summed E-state index contributed by atoms with van der Waals surface area (Å²) in [6.07, 6.45) is 2.44. The van der Waals surface area contributed by atoms with Gasteiger partial charge in [-0.15, -0.1) is 0 Å². The highest BCUT2D eigenvalue weighted by Gasteiger charge is 2.17. The van der Waals surface area contributed by atoms with Crippen molar-refractivity contribution in [1.29, 1.82) is 0 Å². The molecule has 0 N–H and O–H groups in total. The Morgan fingerprint density at radius 2 is 2.09 bits per heavy atom. The molecule has 22 heavy (non-hydrogen) atoms. The van der Waals surface area contributed by atoms with E-state index in [9.17, 15) is 4.79 Å². The maximum atomic E-state index is 12.9. The van der Waals surface area contributed by atoms with E-state index in [0.29, 0.717) is 17.9 Å². The minimum atomic E-state index is -0.152. The molecule has 0 spiro atoms. The highest BCUT2D eigenvalue weighted by molar-refractivity contribution is 9.10. The minimum Gasteiger partial charge on any atom is -0.493 e. The van der Waals surface area contributed by atoms with Crippen LogP contribution >= 0.6 is 15.9 Å². The molecule has 3 aromatic rings. The number of fused-ring (bicyclic) bond motifs is 1. The van der Waals surface area contributed by atoms with Crippen LogP contribution in [-0.2, 0) is 0 Å². The molecule has 0 aliphatic rings. The van der Waals surface area contributed by atoms with E-state index in [1.54, 1.807) is 17.0 Å². The molecule has 112 valence electrons. The molecule has 0 fully saturated rings. The summed E-state index contributed by atoms with van der Waals surface area (Å²) < 4.78 is 8.09. The van der Waals surface area contributed by atoms with Crippen molar-refractivity contribution in [1.82, 2.24) is 9.55 Å². The number of imidazole rings is 1. The summed E-state index contributed by atoms with van der Waals surface area (Å²) in [5.41, 5.74) is 2.10. The van der Waals surface area contributed by atoms with Crippen LogP contribution in [0.5, 0.6) is 5.75 Å². The smallest absolute Gasteiger partial charge is 0.267 e. The van der Waals surface area contributed by atoms with Gasteiger partial charge in [0.1, 0.15) is 12.1 Å². The van der Waals surface area contributed by atoms with E-state index in [-0.39, 0.29) is 5.91 Å². The maximum Gasteiger partial charge on any atom is 0.267 e. The lowest BCUT2D eigenvalue weighted by Crippen LogP contribution is -2.13. The second-order valence-electron chi connectivity index (χ2n) is 4.90. The molecular formula is C17H15BrN2O2. The molecule has 0 unspecified atom stereocenters. The van der Waals surface area contributed by atoms with Crippen LogP contribution in [-0.4, -0.2) is 22.1 Å². The SMILES string of the molecule is CCCOc1ccc(Br)cc1C(=O)n1cnc2ccccc21. The summed E-state index contributed by atoms with van der Waals surface area (Å²) in [5.74, 6) is 0.439. The molecule has 5 heteroatoms. The monoisotopic (exact) mass is 358 g/mol. The van der Waals surface area contributed by atoms with E-state index in [1.165, 1.54) is 0 Å². The van der Waals surface area contributed by atoms with Crippen molar-refractivity contribution < 1.29 is 9.53 Å². The predicted octanol–water partition coefficient (Wildman–Crippen LogP) is 4.28. The third kappa shape index (κ3) is 2.76. The molecule has 0 saturated carbocycles. The molecule has 0 radical (unpaired) electrons. The Balaban J connectivity index is 2.06. The molecule has 0 aliphatic carbocycles. The molecule has 0 bridgehead atoms. The first-order valence-corrected chi connectivity index (χ1v) is 7.89. The van der Waals surface area contributed by atoms with Crippen LogP contribution in [0.4, 0.5) is 0 Å². The first kappa shape index (κ1) is 14.8. The third-order valence-corrected chi connectivity index (χ3v) is 3.80. The topological polar surface area (TPSA) is 44.1 Å². The summed E-state index contributed by atoms with van der Waals surface area (Å²) >= 11 is 3.41. The largest absolute Gasteiger partial charge is 0.493 e. The van der Waals surface area contributed by atoms with E-state index < -0.39 is 0 Å². The molecule has 0 aliphatic heterocycles. The number of hydrogen-bond acceptors (Lipinski definition) is 3. The van der Waals surface area contributed by atoms with Gasteiger partial charge < -0.3 is 4.74 Å². The standard InChI is InChI=1S/C17H15BrN2O2/c1-2-9-22-16-8-7-12(18)10-13(16)17(21)20-11-19-14-5-3-4-6-15(14)20/h3-8,10-11H,2,9H2,1H3. The van der Waals surface area contributed by atoms with Crippen LogP contribution in [0.1, 0.15) is 23.7 Å². The third-order valence-electron chi connectivity index (χ3n) is 3.31. The summed E-state index contributed by atoms with van der Waals surface area (Å²) in [7, 11) is 0. The van der Waals surface area contributed by atoms with Crippen molar-refractivity contribution >= 4 is 32.9 Å². The summed E-state index contributed by atoms with van der Waals surface area (Å²) in [6.45, 7) is 2.61. The Kier molecular flexibility index (Phi) is 4.24. The van der Waals surface area contributed by atoms with Gasteiger partial charge in [-0.2, -0.15) is 0 Å². The van der Waals surface area contributed by atoms with Gasteiger partial charge in [0.2, 0.25) is 0 Å². The first-order chi connectivity index (χ1) is 10.7. The van der Waals surface area contributed by atoms with Gasteiger partial charge in [-0.25, -0.2) is 4.98 Å². The zero-order valence-corrected chi connectivity index (χ0v) is 13.7. The average Bonchev–Trinajstić information content (AvgIpc) is 2.97. The Hall–Kier alpha value is -2.14. The van der Waals surface area contributed by atoms with Gasteiger partial charge in [0.25, 0.3) is 5.91 Å². The average molecular weight is 359 g/mol. The van der Waals surface area contributed by atoms with Gasteiger partial charge in [0.15, 0.2) is 0 Å². The zero-order valence-electron chi connectivity index (χ0n) is 12.1. The molecule has 0 saturated heterocycles. The van der Waals surface area contributed by atoms with Crippen LogP contribution in [0.3, 0.4) is 0 Å². The number of aromatic nitrogens is 2. The number of benzene rings is 2. The molecule has 0 amide bonds. The van der Waals surface area contributed by atoms with E-state index in [4.69, 9.17) is 4.74 Å². The van der Waals surface area contributed by atoms with Gasteiger partial charge in [0.05, 0.1) is 23.2 Å². The summed E-state index contributed by atoms with van der Waals surface area (Å²) in [6, 6.07) is 13.0. The number of carbonyl (C=O) groups excluding carboxylic acids is 1. The molecular weight excluding hydrogens is 344 g/mol. The van der Waals surface area contributed by atoms with E-state index in [1.807, 2.05) is 43.3 Å². The number of rotatable bonds is 4. The van der Waals surface area contributed by atoms with Crippen molar-refractivity contribution in [3.8, 4) is 5.75 Å². The van der Waals surface area contributed by atoms with E-state index in [0.717, 1.165) is 21.9 Å². The lowest BCUT2D eigenvalue weighted by atomic mass is 10.2. The number of ether oxygens (including phenoxy) is 1. The normalized spacial score (nSPS) is 10.8. The van der Waals surface area contributed by atoms with Crippen LogP contribution in [0.25, 0.3) is 11.0 Å². The van der Waals surface area contributed by atoms with Crippen molar-refractivity contribution in [2.45, 2.75) is 13.3 Å². The molecule has 2 aromatic carbocycles. The number of para-hydroxylation sites is 2. The van der Waals surface area contributed by atoms with Crippen LogP contribution in [0.2, 0.25) is 0 Å². The molecule has 0 atom stereocenters. The molecule has 4 nitrogen and oxygen atoms in total. The van der Waals surface area contributed by atoms with Crippen LogP contribution in [0, 0.1) is 0 Å². The van der Waals surface area contributed by atoms with Gasteiger partial charge in [-0.1, -0.05) is 35.0 Å². The highest BCUT2D eigenvalue weighted by atomic mass is 79.9. The lowest BCUT2D eigenvalue weighted by molar-refractivity contribution is 0.0960. The highest BCUT2D eigenvalue weighted by Crippen LogP contribution is 2.25. The Morgan fingerprint density at radius 1 is 1.27 bits per heavy atom. The van der Waals surface area contributed by atoms with Gasteiger partial charge in [-0.05, 0) is 36.8 Å². The molecule has 1 heterocycles. The second kappa shape index (κ2) is 6.32. The van der Waals surface area contributed by atoms with Gasteiger partial charge in [-0.3, -0.25) is 9.36 Å². The number of nitrogens with zero attached hydrogens (tertiary/aromatic N) is 2. The van der Waals surface area contributed by atoms with Crippen molar-refractivity contribution in [2.24, 2.45) is 0 Å². The van der Waals surface area contributed by atoms with E-state index >= 15 is 0 Å². The molecule has 3 rings (SSSR count). The Labute approximate surface area is 136 Å². The number of halogens is 1. The van der Waals surface area contributed by atoms with E-state index in [2.05, 4.69) is 20.9 Å². The zero-order chi connectivity index (χ0) is 15.5. The fraction of sp³-hybridized carbons (Fsp3) is 0.176. The predicted molar refractivity (Wildman–Crippen MR) is 89.4 cm³/mol. The Morgan fingerprint density at radius 3 is 2.91 bits per heavy atom. The second-order valence-corrected chi connectivity index (χ2v) is 5.81. The summed E-state index contributed by atoms with van der Waals surface area (Å²) in [5, 5.41) is 0. The van der Waals surface area contributed by atoms with Crippen molar-refractivity contribution in [3.05, 3.63) is 58.8 Å². The minimum absolute atomic E-state index is 0.152. The number of hydrogen-bond donors (Lipinski definition) is 0. The summed E-state index contributed by atoms with van der Waals surface area (Å²) in [4.78, 5) is 17.1.